The van der Waals surface area contributed by atoms with Gasteiger partial charge in [0.2, 0.25) is 5.91 Å². The summed E-state index contributed by atoms with van der Waals surface area (Å²) in [5.74, 6) is 0.0632. The molecule has 0 aliphatic carbocycles. The van der Waals surface area contributed by atoms with Crippen LogP contribution in [-0.2, 0) is 16.8 Å². The molecule has 1 N–H and O–H groups in total. The number of nitrogens with one attached hydrogen (secondary N) is 1. The van der Waals surface area contributed by atoms with E-state index in [4.69, 9.17) is 0 Å². The minimum Gasteiger partial charge on any atom is -0.352 e. The van der Waals surface area contributed by atoms with Gasteiger partial charge in [-0.15, -0.1) is 11.3 Å². The van der Waals surface area contributed by atoms with Gasteiger partial charge in [-0.05, 0) is 17.9 Å². The van der Waals surface area contributed by atoms with Crippen LogP contribution in [-0.4, -0.2) is 21.5 Å². The number of carbonyl (C=O) groups excluding carboxylic acids is 1. The van der Waals surface area contributed by atoms with Crippen LogP contribution in [0.25, 0.3) is 10.2 Å². The molecule has 1 fully saturated rings. The molecule has 6 heteroatoms. The Balaban J connectivity index is 1.96. The molecule has 0 radical (unpaired) electrons. The fraction of sp³-hybridized carbons (Fsp3) is 0.533. The minimum atomic E-state index is -0.0124. The second kappa shape index (κ2) is 4.94. The zero-order chi connectivity index (χ0) is 15.2. The van der Waals surface area contributed by atoms with Crippen molar-refractivity contribution in [2.45, 2.75) is 51.6 Å². The first-order chi connectivity index (χ1) is 9.84. The molecule has 1 aliphatic heterocycles. The van der Waals surface area contributed by atoms with Crippen molar-refractivity contribution in [3.8, 4) is 0 Å². The number of hydrogen-bond acceptors (Lipinski definition) is 4. The molecule has 1 aliphatic rings. The molecule has 21 heavy (non-hydrogen) atoms. The first-order valence-corrected chi connectivity index (χ1v) is 7.95. The third-order valence-corrected chi connectivity index (χ3v) is 5.28. The van der Waals surface area contributed by atoms with Crippen LogP contribution in [0, 0.1) is 0 Å². The van der Waals surface area contributed by atoms with Crippen LogP contribution in [0.4, 0.5) is 0 Å². The highest BCUT2D eigenvalue weighted by Crippen LogP contribution is 2.31. The molecule has 0 spiro atoms. The number of carbonyl (C=O) groups is 1. The van der Waals surface area contributed by atoms with Crippen molar-refractivity contribution in [3.05, 3.63) is 27.6 Å². The summed E-state index contributed by atoms with van der Waals surface area (Å²) in [6.45, 7) is 6.88. The summed E-state index contributed by atoms with van der Waals surface area (Å²) in [5.41, 5.74) is 0.769. The number of fused-ring (bicyclic) bond motifs is 1. The van der Waals surface area contributed by atoms with E-state index in [1.165, 1.54) is 11.3 Å². The van der Waals surface area contributed by atoms with Crippen LogP contribution in [0.5, 0.6) is 0 Å². The molecule has 3 rings (SSSR count). The van der Waals surface area contributed by atoms with Gasteiger partial charge in [0.1, 0.15) is 4.70 Å². The van der Waals surface area contributed by atoms with Gasteiger partial charge in [0, 0.05) is 23.9 Å². The largest absolute Gasteiger partial charge is 0.352 e. The van der Waals surface area contributed by atoms with Crippen molar-refractivity contribution in [3.63, 3.8) is 0 Å². The summed E-state index contributed by atoms with van der Waals surface area (Å²) in [6.07, 6.45) is 2.91. The van der Waals surface area contributed by atoms with E-state index in [0.29, 0.717) is 17.7 Å². The van der Waals surface area contributed by atoms with Crippen molar-refractivity contribution < 1.29 is 4.79 Å². The van der Waals surface area contributed by atoms with Crippen molar-refractivity contribution in [1.29, 1.82) is 0 Å². The molecule has 1 saturated heterocycles. The monoisotopic (exact) mass is 305 g/mol. The molecular weight excluding hydrogens is 286 g/mol. The Morgan fingerprint density at radius 3 is 2.81 bits per heavy atom. The first-order valence-electron chi connectivity index (χ1n) is 7.13. The Morgan fingerprint density at radius 1 is 1.43 bits per heavy atom. The van der Waals surface area contributed by atoms with E-state index in [9.17, 15) is 9.59 Å². The second-order valence-electron chi connectivity index (χ2n) is 6.58. The van der Waals surface area contributed by atoms with E-state index in [1.54, 1.807) is 10.9 Å². The normalized spacial score (nSPS) is 19.2. The summed E-state index contributed by atoms with van der Waals surface area (Å²) < 4.78 is 2.31. The average molecular weight is 305 g/mol. The van der Waals surface area contributed by atoms with E-state index in [2.05, 4.69) is 31.1 Å². The highest BCUT2D eigenvalue weighted by Gasteiger charge is 2.23. The number of thiophene rings is 1. The summed E-state index contributed by atoms with van der Waals surface area (Å²) in [5, 5.41) is 2.88. The number of nitrogens with zero attached hydrogens (tertiary/aromatic N) is 2. The lowest BCUT2D eigenvalue weighted by atomic mass is 9.95. The standard InChI is InChI=1S/C15H19N3O2S/c1-15(2,3)11-6-10-13(21-11)14(20)18(8-16-10)7-9-4-5-12(19)17-9/h6,8-9H,4-5,7H2,1-3H3,(H,17,19). The van der Waals surface area contributed by atoms with Crippen LogP contribution < -0.4 is 10.9 Å². The second-order valence-corrected chi connectivity index (χ2v) is 7.63. The molecule has 112 valence electrons. The van der Waals surface area contributed by atoms with Gasteiger partial charge in [0.25, 0.3) is 5.56 Å². The van der Waals surface area contributed by atoms with E-state index in [-0.39, 0.29) is 22.9 Å². The SMILES string of the molecule is CC(C)(C)c1cc2ncn(CC3CCC(=O)N3)c(=O)c2s1. The third-order valence-electron chi connectivity index (χ3n) is 3.75. The first kappa shape index (κ1) is 14.3. The molecule has 0 aromatic carbocycles. The van der Waals surface area contributed by atoms with Gasteiger partial charge >= 0.3 is 0 Å². The topological polar surface area (TPSA) is 64.0 Å². The van der Waals surface area contributed by atoms with Crippen molar-refractivity contribution in [1.82, 2.24) is 14.9 Å². The quantitative estimate of drug-likeness (QED) is 0.923. The van der Waals surface area contributed by atoms with E-state index in [1.807, 2.05) is 6.07 Å². The van der Waals surface area contributed by atoms with Crippen LogP contribution in [0.3, 0.4) is 0 Å². The Morgan fingerprint density at radius 2 is 2.19 bits per heavy atom. The van der Waals surface area contributed by atoms with Crippen molar-refractivity contribution in [2.24, 2.45) is 0 Å². The number of hydrogen-bond donors (Lipinski definition) is 1. The van der Waals surface area contributed by atoms with E-state index < -0.39 is 0 Å². The molecule has 0 saturated carbocycles. The fourth-order valence-electron chi connectivity index (χ4n) is 2.50. The smallest absolute Gasteiger partial charge is 0.271 e. The molecule has 1 amide bonds. The van der Waals surface area contributed by atoms with E-state index >= 15 is 0 Å². The Kier molecular flexibility index (Phi) is 3.36. The maximum absolute atomic E-state index is 12.6. The Bertz CT molecular complexity index is 754. The molecule has 1 atom stereocenters. The zero-order valence-electron chi connectivity index (χ0n) is 12.5. The fourth-order valence-corrected chi connectivity index (χ4v) is 3.61. The lowest BCUT2D eigenvalue weighted by Crippen LogP contribution is -2.33. The molecule has 5 nitrogen and oxygen atoms in total. The van der Waals surface area contributed by atoms with Gasteiger partial charge in [0.15, 0.2) is 0 Å². The molecule has 2 aromatic rings. The molecule has 0 bridgehead atoms. The highest BCUT2D eigenvalue weighted by atomic mass is 32.1. The maximum atomic E-state index is 12.6. The van der Waals surface area contributed by atoms with Crippen LogP contribution in [0.15, 0.2) is 17.2 Å². The lowest BCUT2D eigenvalue weighted by Gasteiger charge is -2.14. The molecular formula is C15H19N3O2S. The predicted molar refractivity (Wildman–Crippen MR) is 83.7 cm³/mol. The Hall–Kier alpha value is -1.69. The lowest BCUT2D eigenvalue weighted by molar-refractivity contribution is -0.119. The molecule has 1 unspecified atom stereocenters. The van der Waals surface area contributed by atoms with Gasteiger partial charge in [-0.2, -0.15) is 0 Å². The van der Waals surface area contributed by atoms with Crippen LogP contribution >= 0.6 is 11.3 Å². The van der Waals surface area contributed by atoms with E-state index in [0.717, 1.165) is 16.8 Å². The zero-order valence-corrected chi connectivity index (χ0v) is 13.3. The van der Waals surface area contributed by atoms with Crippen molar-refractivity contribution >= 4 is 27.5 Å². The highest BCUT2D eigenvalue weighted by molar-refractivity contribution is 7.19. The number of amides is 1. The van der Waals surface area contributed by atoms with Gasteiger partial charge < -0.3 is 5.32 Å². The van der Waals surface area contributed by atoms with Crippen LogP contribution in [0.2, 0.25) is 0 Å². The molecule has 2 aromatic heterocycles. The predicted octanol–water partition coefficient (Wildman–Crippen LogP) is 2.03. The Labute approximate surface area is 127 Å². The van der Waals surface area contributed by atoms with Gasteiger partial charge in [0.05, 0.1) is 11.8 Å². The summed E-state index contributed by atoms with van der Waals surface area (Å²) in [4.78, 5) is 29.4. The number of rotatable bonds is 2. The third kappa shape index (κ3) is 2.72. The van der Waals surface area contributed by atoms with Crippen LogP contribution in [0.1, 0.15) is 38.5 Å². The van der Waals surface area contributed by atoms with Gasteiger partial charge in [-0.25, -0.2) is 4.98 Å². The number of aromatic nitrogens is 2. The van der Waals surface area contributed by atoms with Gasteiger partial charge in [-0.1, -0.05) is 20.8 Å². The average Bonchev–Trinajstić information content (AvgIpc) is 2.99. The minimum absolute atomic E-state index is 0.0124. The summed E-state index contributed by atoms with van der Waals surface area (Å²) in [6, 6.07) is 2.04. The summed E-state index contributed by atoms with van der Waals surface area (Å²) >= 11 is 1.52. The molecule has 3 heterocycles. The van der Waals surface area contributed by atoms with Gasteiger partial charge in [-0.3, -0.25) is 14.2 Å². The summed E-state index contributed by atoms with van der Waals surface area (Å²) in [7, 11) is 0. The maximum Gasteiger partial charge on any atom is 0.271 e. The van der Waals surface area contributed by atoms with Crippen molar-refractivity contribution in [2.75, 3.05) is 0 Å².